The zero-order chi connectivity index (χ0) is 19.4. The molecule has 7 heteroatoms. The fourth-order valence-corrected chi connectivity index (χ4v) is 3.81. The van der Waals surface area contributed by atoms with E-state index in [1.54, 1.807) is 11.9 Å². The standard InChI is InChI=1S/C21H24ClN3O2.ClH/c1-24-18(20(23)26)12-15-11-10-14-6-3-5-9-19(14)25(21(15)27)13-16-7-2-4-8-17(16)22;/h2-9,15,18,24H,10-13H2,1H3,(H2,23,26);1H/t15-,18-;/m0./s1. The summed E-state index contributed by atoms with van der Waals surface area (Å²) in [5.41, 5.74) is 8.39. The average Bonchev–Trinajstić information content (AvgIpc) is 2.79. The molecule has 0 radical (unpaired) electrons. The van der Waals surface area contributed by atoms with Crippen LogP contribution in [0.4, 0.5) is 5.69 Å². The van der Waals surface area contributed by atoms with Gasteiger partial charge in [0.05, 0.1) is 12.6 Å². The Kier molecular flexibility index (Phi) is 7.87. The van der Waals surface area contributed by atoms with E-state index in [9.17, 15) is 9.59 Å². The molecule has 3 N–H and O–H groups in total. The highest BCUT2D eigenvalue weighted by atomic mass is 35.5. The summed E-state index contributed by atoms with van der Waals surface area (Å²) < 4.78 is 0. The van der Waals surface area contributed by atoms with Gasteiger partial charge < -0.3 is 16.0 Å². The lowest BCUT2D eigenvalue weighted by Gasteiger charge is -2.27. The van der Waals surface area contributed by atoms with E-state index in [0.29, 0.717) is 24.4 Å². The SMILES string of the molecule is CN[C@@H](C[C@@H]1CCc2ccccc2N(Cc2ccccc2Cl)C1=O)C(N)=O.Cl. The lowest BCUT2D eigenvalue weighted by Crippen LogP contribution is -2.44. The monoisotopic (exact) mass is 421 g/mol. The summed E-state index contributed by atoms with van der Waals surface area (Å²) in [4.78, 5) is 26.8. The van der Waals surface area contributed by atoms with Gasteiger partial charge in [-0.05, 0) is 49.6 Å². The predicted molar refractivity (Wildman–Crippen MR) is 115 cm³/mol. The molecule has 28 heavy (non-hydrogen) atoms. The van der Waals surface area contributed by atoms with E-state index in [1.165, 1.54) is 0 Å². The molecule has 0 aliphatic carbocycles. The summed E-state index contributed by atoms with van der Waals surface area (Å²) in [6.45, 7) is 0.396. The van der Waals surface area contributed by atoms with E-state index in [2.05, 4.69) is 5.32 Å². The van der Waals surface area contributed by atoms with Crippen molar-refractivity contribution in [2.75, 3.05) is 11.9 Å². The number of para-hydroxylation sites is 1. The Morgan fingerprint density at radius 3 is 2.61 bits per heavy atom. The van der Waals surface area contributed by atoms with Crippen LogP contribution in [0.25, 0.3) is 0 Å². The fraction of sp³-hybridized carbons (Fsp3) is 0.333. The third-order valence-electron chi connectivity index (χ3n) is 5.16. The maximum atomic E-state index is 13.4. The Labute approximate surface area is 176 Å². The number of aryl methyl sites for hydroxylation is 1. The summed E-state index contributed by atoms with van der Waals surface area (Å²) in [5.74, 6) is -0.726. The van der Waals surface area contributed by atoms with Crippen LogP contribution in [0.1, 0.15) is 24.0 Å². The van der Waals surface area contributed by atoms with Crippen molar-refractivity contribution in [3.8, 4) is 0 Å². The molecule has 1 heterocycles. The number of carbonyl (C=O) groups is 2. The molecule has 0 spiro atoms. The van der Waals surface area contributed by atoms with Gasteiger partial charge in [-0.1, -0.05) is 48.0 Å². The molecule has 0 bridgehead atoms. The molecule has 0 unspecified atom stereocenters. The maximum absolute atomic E-state index is 13.4. The van der Waals surface area contributed by atoms with E-state index in [1.807, 2.05) is 48.5 Å². The van der Waals surface area contributed by atoms with Crippen LogP contribution in [-0.4, -0.2) is 24.9 Å². The molecule has 2 amide bonds. The number of hydrogen-bond donors (Lipinski definition) is 2. The summed E-state index contributed by atoms with van der Waals surface area (Å²) in [6, 6.07) is 15.0. The van der Waals surface area contributed by atoms with Crippen molar-refractivity contribution in [1.82, 2.24) is 5.32 Å². The van der Waals surface area contributed by atoms with Crippen LogP contribution in [0.5, 0.6) is 0 Å². The summed E-state index contributed by atoms with van der Waals surface area (Å²) >= 11 is 6.33. The summed E-state index contributed by atoms with van der Waals surface area (Å²) in [5, 5.41) is 3.55. The molecule has 2 aromatic carbocycles. The highest BCUT2D eigenvalue weighted by Crippen LogP contribution is 2.33. The highest BCUT2D eigenvalue weighted by molar-refractivity contribution is 6.31. The van der Waals surface area contributed by atoms with Crippen LogP contribution in [-0.2, 0) is 22.6 Å². The number of primary amides is 1. The molecule has 2 atom stereocenters. The van der Waals surface area contributed by atoms with Gasteiger partial charge >= 0.3 is 0 Å². The zero-order valence-corrected chi connectivity index (χ0v) is 17.3. The first kappa shape index (κ1) is 22.2. The second-order valence-electron chi connectivity index (χ2n) is 6.86. The number of carbonyl (C=O) groups excluding carboxylic acids is 2. The number of hydrogen-bond acceptors (Lipinski definition) is 3. The van der Waals surface area contributed by atoms with E-state index in [-0.39, 0.29) is 24.2 Å². The predicted octanol–water partition coefficient (Wildman–Crippen LogP) is 3.32. The number of rotatable bonds is 6. The van der Waals surface area contributed by atoms with Gasteiger partial charge in [0, 0.05) is 16.6 Å². The lowest BCUT2D eigenvalue weighted by atomic mass is 9.93. The highest BCUT2D eigenvalue weighted by Gasteiger charge is 2.33. The number of halogens is 2. The molecule has 0 fully saturated rings. The number of amides is 2. The van der Waals surface area contributed by atoms with Crippen molar-refractivity contribution in [2.45, 2.75) is 31.8 Å². The Hall–Kier alpha value is -2.08. The smallest absolute Gasteiger partial charge is 0.234 e. The van der Waals surface area contributed by atoms with Crippen molar-refractivity contribution in [2.24, 2.45) is 11.7 Å². The second-order valence-corrected chi connectivity index (χ2v) is 7.27. The number of nitrogens with two attached hydrogens (primary N) is 1. The van der Waals surface area contributed by atoms with Gasteiger partial charge in [0.25, 0.3) is 0 Å². The van der Waals surface area contributed by atoms with Crippen LogP contribution in [0.15, 0.2) is 48.5 Å². The van der Waals surface area contributed by atoms with E-state index >= 15 is 0 Å². The van der Waals surface area contributed by atoms with E-state index < -0.39 is 11.9 Å². The fourth-order valence-electron chi connectivity index (χ4n) is 3.62. The Balaban J connectivity index is 0.00000280. The minimum atomic E-state index is -0.526. The number of benzene rings is 2. The number of nitrogens with one attached hydrogen (secondary N) is 1. The molecule has 2 aromatic rings. The van der Waals surface area contributed by atoms with Crippen LogP contribution < -0.4 is 16.0 Å². The van der Waals surface area contributed by atoms with Crippen LogP contribution in [0.3, 0.4) is 0 Å². The topological polar surface area (TPSA) is 75.4 Å². The van der Waals surface area contributed by atoms with Crippen LogP contribution in [0, 0.1) is 5.92 Å². The van der Waals surface area contributed by atoms with Crippen molar-refractivity contribution in [1.29, 1.82) is 0 Å². The van der Waals surface area contributed by atoms with Crippen molar-refractivity contribution in [3.05, 3.63) is 64.7 Å². The minimum absolute atomic E-state index is 0. The summed E-state index contributed by atoms with van der Waals surface area (Å²) in [6.07, 6.45) is 1.85. The Morgan fingerprint density at radius 1 is 1.25 bits per heavy atom. The van der Waals surface area contributed by atoms with Gasteiger partial charge in [0.2, 0.25) is 11.8 Å². The first-order valence-corrected chi connectivity index (χ1v) is 9.48. The van der Waals surface area contributed by atoms with Crippen molar-refractivity contribution in [3.63, 3.8) is 0 Å². The lowest BCUT2D eigenvalue weighted by molar-refractivity contribution is -0.124. The van der Waals surface area contributed by atoms with E-state index in [0.717, 1.165) is 23.2 Å². The molecule has 0 aromatic heterocycles. The largest absolute Gasteiger partial charge is 0.368 e. The molecule has 5 nitrogen and oxygen atoms in total. The molecule has 150 valence electrons. The molecule has 1 aliphatic rings. The normalized spacial score (nSPS) is 17.3. The van der Waals surface area contributed by atoms with Crippen molar-refractivity contribution >= 4 is 41.5 Å². The number of fused-ring (bicyclic) bond motifs is 1. The average molecular weight is 422 g/mol. The third kappa shape index (κ3) is 4.85. The van der Waals surface area contributed by atoms with Crippen molar-refractivity contribution < 1.29 is 9.59 Å². The quantitative estimate of drug-likeness (QED) is 0.750. The number of likely N-dealkylation sites (N-methyl/N-ethyl adjacent to an activating group) is 1. The van der Waals surface area contributed by atoms with Gasteiger partial charge in [-0.2, -0.15) is 0 Å². The first-order valence-electron chi connectivity index (χ1n) is 9.10. The minimum Gasteiger partial charge on any atom is -0.368 e. The molecule has 0 saturated heterocycles. The Morgan fingerprint density at radius 2 is 1.93 bits per heavy atom. The van der Waals surface area contributed by atoms with Gasteiger partial charge in [0.15, 0.2) is 0 Å². The van der Waals surface area contributed by atoms with Crippen LogP contribution in [0.2, 0.25) is 5.02 Å². The molecular formula is C21H25Cl2N3O2. The molecular weight excluding hydrogens is 397 g/mol. The van der Waals surface area contributed by atoms with Gasteiger partial charge in [0.1, 0.15) is 0 Å². The van der Waals surface area contributed by atoms with Crippen LogP contribution >= 0.6 is 24.0 Å². The summed E-state index contributed by atoms with van der Waals surface area (Å²) in [7, 11) is 1.69. The van der Waals surface area contributed by atoms with Gasteiger partial charge in [-0.3, -0.25) is 9.59 Å². The zero-order valence-electron chi connectivity index (χ0n) is 15.7. The third-order valence-corrected chi connectivity index (χ3v) is 5.53. The van der Waals surface area contributed by atoms with E-state index in [4.69, 9.17) is 17.3 Å². The van der Waals surface area contributed by atoms with Gasteiger partial charge in [-0.25, -0.2) is 0 Å². The first-order chi connectivity index (χ1) is 13.0. The second kappa shape index (κ2) is 9.92. The number of nitrogens with zero attached hydrogens (tertiary/aromatic N) is 1. The maximum Gasteiger partial charge on any atom is 0.234 e. The van der Waals surface area contributed by atoms with Gasteiger partial charge in [-0.15, -0.1) is 12.4 Å². The Bertz CT molecular complexity index is 844. The number of anilines is 1. The molecule has 3 rings (SSSR count). The molecule has 0 saturated carbocycles. The molecule has 1 aliphatic heterocycles.